The third-order valence-electron chi connectivity index (χ3n) is 3.68. The molecule has 2 N–H and O–H groups in total. The molecule has 1 rings (SSSR count). The van der Waals surface area contributed by atoms with Crippen LogP contribution in [-0.4, -0.2) is 43.8 Å². The van der Waals surface area contributed by atoms with Gasteiger partial charge in [0, 0.05) is 13.2 Å². The number of nitrogens with two attached hydrogens (primary N) is 1. The molecule has 17 heavy (non-hydrogen) atoms. The minimum absolute atomic E-state index is 0.275. The first-order valence-corrected chi connectivity index (χ1v) is 7.11. The quantitative estimate of drug-likeness (QED) is 0.744. The summed E-state index contributed by atoms with van der Waals surface area (Å²) >= 11 is 0. The summed E-state index contributed by atoms with van der Waals surface area (Å²) in [6, 6.07) is 0. The van der Waals surface area contributed by atoms with Gasteiger partial charge in [0.25, 0.3) is 0 Å². The normalized spacial score (nSPS) is 22.9. The van der Waals surface area contributed by atoms with Crippen LogP contribution in [0.4, 0.5) is 0 Å². The maximum atomic E-state index is 5.85. The molecule has 0 amide bonds. The number of nitrogens with zero attached hydrogens (tertiary/aromatic N) is 1. The van der Waals surface area contributed by atoms with Crippen LogP contribution in [0.5, 0.6) is 0 Å². The fraction of sp³-hybridized carbons (Fsp3) is 1.00. The van der Waals surface area contributed by atoms with E-state index in [1.54, 1.807) is 0 Å². The number of ether oxygens (including phenoxy) is 1. The second-order valence-corrected chi connectivity index (χ2v) is 6.05. The molecule has 0 saturated carbocycles. The largest absolute Gasteiger partial charge is 0.377 e. The summed E-state index contributed by atoms with van der Waals surface area (Å²) in [5.74, 6) is 0. The van der Waals surface area contributed by atoms with Gasteiger partial charge in [0.05, 0.1) is 6.10 Å². The minimum Gasteiger partial charge on any atom is -0.377 e. The first kappa shape index (κ1) is 14.9. The van der Waals surface area contributed by atoms with Gasteiger partial charge >= 0.3 is 0 Å². The van der Waals surface area contributed by atoms with Gasteiger partial charge in [0.2, 0.25) is 0 Å². The molecule has 1 unspecified atom stereocenters. The molecule has 0 bridgehead atoms. The van der Waals surface area contributed by atoms with Crippen molar-refractivity contribution in [3.05, 3.63) is 0 Å². The first-order valence-electron chi connectivity index (χ1n) is 7.11. The Morgan fingerprint density at radius 1 is 1.41 bits per heavy atom. The van der Waals surface area contributed by atoms with Crippen LogP contribution >= 0.6 is 0 Å². The summed E-state index contributed by atoms with van der Waals surface area (Å²) < 4.78 is 5.85. The molecule has 0 radical (unpaired) electrons. The molecule has 3 heteroatoms. The Morgan fingerprint density at radius 2 is 2.18 bits per heavy atom. The van der Waals surface area contributed by atoms with E-state index in [2.05, 4.69) is 25.7 Å². The molecular formula is C14H30N2O. The molecule has 0 aliphatic carbocycles. The van der Waals surface area contributed by atoms with Crippen LogP contribution in [0.2, 0.25) is 0 Å². The molecule has 1 fully saturated rings. The molecule has 102 valence electrons. The standard InChI is InChI=1S/C14H30N2O/c1-4-10-17-13-6-5-8-16(11-13)9-7-14(2,3)12-15/h13H,4-12,15H2,1-3H3. The lowest BCUT2D eigenvalue weighted by Gasteiger charge is -2.34. The summed E-state index contributed by atoms with van der Waals surface area (Å²) in [5.41, 5.74) is 6.05. The highest BCUT2D eigenvalue weighted by Crippen LogP contribution is 2.21. The van der Waals surface area contributed by atoms with E-state index in [-0.39, 0.29) is 5.41 Å². The lowest BCUT2D eigenvalue weighted by Crippen LogP contribution is -2.41. The van der Waals surface area contributed by atoms with Crippen molar-refractivity contribution in [1.29, 1.82) is 0 Å². The van der Waals surface area contributed by atoms with E-state index in [1.807, 2.05) is 0 Å². The smallest absolute Gasteiger partial charge is 0.0702 e. The fourth-order valence-electron chi connectivity index (χ4n) is 2.20. The highest BCUT2D eigenvalue weighted by Gasteiger charge is 2.22. The van der Waals surface area contributed by atoms with Crippen molar-refractivity contribution in [3.63, 3.8) is 0 Å². The van der Waals surface area contributed by atoms with E-state index in [0.29, 0.717) is 6.10 Å². The molecule has 0 spiro atoms. The number of piperidine rings is 1. The van der Waals surface area contributed by atoms with Crippen LogP contribution < -0.4 is 5.73 Å². The van der Waals surface area contributed by atoms with Crippen LogP contribution in [-0.2, 0) is 4.74 Å². The lowest BCUT2D eigenvalue weighted by atomic mass is 9.89. The Balaban J connectivity index is 2.24. The van der Waals surface area contributed by atoms with Gasteiger partial charge in [-0.15, -0.1) is 0 Å². The predicted molar refractivity (Wildman–Crippen MR) is 73.2 cm³/mol. The summed E-state index contributed by atoms with van der Waals surface area (Å²) in [5, 5.41) is 0. The van der Waals surface area contributed by atoms with Gasteiger partial charge in [0.15, 0.2) is 0 Å². The Morgan fingerprint density at radius 3 is 2.82 bits per heavy atom. The van der Waals surface area contributed by atoms with Crippen LogP contribution in [0.3, 0.4) is 0 Å². The lowest BCUT2D eigenvalue weighted by molar-refractivity contribution is -0.00241. The van der Waals surface area contributed by atoms with E-state index < -0.39 is 0 Å². The topological polar surface area (TPSA) is 38.5 Å². The molecule has 0 aromatic rings. The molecule has 1 aliphatic rings. The van der Waals surface area contributed by atoms with Crippen LogP contribution in [0, 0.1) is 5.41 Å². The first-order chi connectivity index (χ1) is 8.07. The molecule has 1 heterocycles. The van der Waals surface area contributed by atoms with Gasteiger partial charge in [-0.3, -0.25) is 0 Å². The van der Waals surface area contributed by atoms with E-state index >= 15 is 0 Å². The highest BCUT2D eigenvalue weighted by atomic mass is 16.5. The fourth-order valence-corrected chi connectivity index (χ4v) is 2.20. The third kappa shape index (κ3) is 5.84. The molecule has 0 aromatic carbocycles. The van der Waals surface area contributed by atoms with Gasteiger partial charge in [-0.1, -0.05) is 20.8 Å². The zero-order valence-corrected chi connectivity index (χ0v) is 11.9. The van der Waals surface area contributed by atoms with E-state index in [1.165, 1.54) is 25.8 Å². The van der Waals surface area contributed by atoms with Gasteiger partial charge in [-0.05, 0) is 50.7 Å². The van der Waals surface area contributed by atoms with Crippen LogP contribution in [0.15, 0.2) is 0 Å². The van der Waals surface area contributed by atoms with Crippen molar-refractivity contribution < 1.29 is 4.74 Å². The minimum atomic E-state index is 0.275. The van der Waals surface area contributed by atoms with Gasteiger partial charge in [-0.25, -0.2) is 0 Å². The Labute approximate surface area is 107 Å². The van der Waals surface area contributed by atoms with Gasteiger partial charge in [-0.2, -0.15) is 0 Å². The van der Waals surface area contributed by atoms with Crippen molar-refractivity contribution in [2.24, 2.45) is 11.1 Å². The van der Waals surface area contributed by atoms with Crippen molar-refractivity contribution >= 4 is 0 Å². The van der Waals surface area contributed by atoms with Gasteiger partial charge < -0.3 is 15.4 Å². The van der Waals surface area contributed by atoms with Gasteiger partial charge in [0.1, 0.15) is 0 Å². The van der Waals surface area contributed by atoms with Crippen molar-refractivity contribution in [2.75, 3.05) is 32.8 Å². The van der Waals surface area contributed by atoms with Crippen molar-refractivity contribution in [2.45, 2.75) is 52.6 Å². The predicted octanol–water partition coefficient (Wildman–Crippen LogP) is 2.25. The zero-order chi connectivity index (χ0) is 12.7. The average Bonchev–Trinajstić information content (AvgIpc) is 2.35. The summed E-state index contributed by atoms with van der Waals surface area (Å²) in [6.45, 7) is 11.9. The molecule has 1 aliphatic heterocycles. The third-order valence-corrected chi connectivity index (χ3v) is 3.68. The van der Waals surface area contributed by atoms with Crippen molar-refractivity contribution in [3.8, 4) is 0 Å². The molecule has 1 atom stereocenters. The molecule has 3 nitrogen and oxygen atoms in total. The van der Waals surface area contributed by atoms with Crippen LogP contribution in [0.25, 0.3) is 0 Å². The molecular weight excluding hydrogens is 212 g/mol. The number of likely N-dealkylation sites (tertiary alicyclic amines) is 1. The Bertz CT molecular complexity index is 206. The number of rotatable bonds is 7. The van der Waals surface area contributed by atoms with Crippen LogP contribution in [0.1, 0.15) is 46.5 Å². The maximum absolute atomic E-state index is 5.85. The molecule has 1 saturated heterocycles. The number of hydrogen-bond donors (Lipinski definition) is 1. The van der Waals surface area contributed by atoms with E-state index in [0.717, 1.165) is 32.7 Å². The number of hydrogen-bond acceptors (Lipinski definition) is 3. The Hall–Kier alpha value is -0.120. The SMILES string of the molecule is CCCOC1CCCN(CCC(C)(C)CN)C1. The average molecular weight is 242 g/mol. The van der Waals surface area contributed by atoms with E-state index in [9.17, 15) is 0 Å². The Kier molecular flexibility index (Phi) is 6.45. The second kappa shape index (κ2) is 7.34. The monoisotopic (exact) mass is 242 g/mol. The van der Waals surface area contributed by atoms with Crippen molar-refractivity contribution in [1.82, 2.24) is 4.90 Å². The maximum Gasteiger partial charge on any atom is 0.0702 e. The second-order valence-electron chi connectivity index (χ2n) is 6.05. The van der Waals surface area contributed by atoms with E-state index in [4.69, 9.17) is 10.5 Å². The summed E-state index contributed by atoms with van der Waals surface area (Å²) in [4.78, 5) is 2.54. The highest BCUT2D eigenvalue weighted by molar-refractivity contribution is 4.77. The zero-order valence-electron chi connectivity index (χ0n) is 11.9. The summed E-state index contributed by atoms with van der Waals surface area (Å²) in [7, 11) is 0. The molecule has 0 aromatic heterocycles. The summed E-state index contributed by atoms with van der Waals surface area (Å²) in [6.07, 6.45) is 5.28.